The largest absolute Gasteiger partial charge is 0.478 e. The second-order valence-electron chi connectivity index (χ2n) is 4.90. The van der Waals surface area contributed by atoms with E-state index in [2.05, 4.69) is 26.6 Å². The van der Waals surface area contributed by atoms with E-state index in [1.807, 2.05) is 0 Å². The number of aromatic carboxylic acids is 1. The standard InChI is InChI=1S/C14H17BrN2O4/c15-11-7-10(13(18)19)1-2-12(11)17-14(20)16-5-3-9-4-6-21-8-9/h1-2,7,9H,3-6,8H2,(H,18,19)(H2,16,17,20). The Morgan fingerprint density at radius 3 is 2.86 bits per heavy atom. The quantitative estimate of drug-likeness (QED) is 0.756. The zero-order valence-corrected chi connectivity index (χ0v) is 13.0. The number of urea groups is 1. The van der Waals surface area contributed by atoms with Gasteiger partial charge in [-0.15, -0.1) is 0 Å². The van der Waals surface area contributed by atoms with Crippen molar-refractivity contribution in [2.45, 2.75) is 12.8 Å². The van der Waals surface area contributed by atoms with Gasteiger partial charge in [0.15, 0.2) is 0 Å². The first-order valence-corrected chi connectivity index (χ1v) is 7.51. The van der Waals surface area contributed by atoms with Crippen molar-refractivity contribution in [3.05, 3.63) is 28.2 Å². The van der Waals surface area contributed by atoms with Gasteiger partial charge in [0.1, 0.15) is 0 Å². The predicted octanol–water partition coefficient (Wildman–Crippen LogP) is 2.70. The molecular weight excluding hydrogens is 340 g/mol. The Labute approximate surface area is 131 Å². The summed E-state index contributed by atoms with van der Waals surface area (Å²) in [7, 11) is 0. The molecule has 1 aliphatic heterocycles. The summed E-state index contributed by atoms with van der Waals surface area (Å²) in [6.07, 6.45) is 1.94. The van der Waals surface area contributed by atoms with Gasteiger partial charge in [-0.25, -0.2) is 9.59 Å². The Morgan fingerprint density at radius 2 is 2.24 bits per heavy atom. The lowest BCUT2D eigenvalue weighted by molar-refractivity contribution is 0.0697. The van der Waals surface area contributed by atoms with Gasteiger partial charge in [0.05, 0.1) is 11.3 Å². The molecule has 2 rings (SSSR count). The SMILES string of the molecule is O=C(NCCC1CCOC1)Nc1ccc(C(=O)O)cc1Br. The number of carbonyl (C=O) groups is 2. The number of hydrogen-bond donors (Lipinski definition) is 3. The topological polar surface area (TPSA) is 87.7 Å². The average molecular weight is 357 g/mol. The molecule has 1 fully saturated rings. The smallest absolute Gasteiger partial charge is 0.335 e. The number of anilines is 1. The maximum absolute atomic E-state index is 11.8. The normalized spacial score (nSPS) is 17.5. The third-order valence-electron chi connectivity index (χ3n) is 3.33. The highest BCUT2D eigenvalue weighted by molar-refractivity contribution is 9.10. The Bertz CT molecular complexity index is 530. The van der Waals surface area contributed by atoms with E-state index in [1.165, 1.54) is 12.1 Å². The number of benzene rings is 1. The highest BCUT2D eigenvalue weighted by atomic mass is 79.9. The molecule has 1 aliphatic rings. The van der Waals surface area contributed by atoms with Crippen LogP contribution in [0.1, 0.15) is 23.2 Å². The summed E-state index contributed by atoms with van der Waals surface area (Å²) in [4.78, 5) is 22.6. The molecule has 0 bridgehead atoms. The van der Waals surface area contributed by atoms with Crippen molar-refractivity contribution in [3.63, 3.8) is 0 Å². The molecule has 0 aliphatic carbocycles. The summed E-state index contributed by atoms with van der Waals surface area (Å²) >= 11 is 3.24. The van der Waals surface area contributed by atoms with Gasteiger partial charge in [-0.05, 0) is 52.9 Å². The fourth-order valence-corrected chi connectivity index (χ4v) is 2.59. The lowest BCUT2D eigenvalue weighted by atomic mass is 10.1. The molecule has 114 valence electrons. The molecule has 6 nitrogen and oxygen atoms in total. The van der Waals surface area contributed by atoms with Crippen LogP contribution in [0.25, 0.3) is 0 Å². The summed E-state index contributed by atoms with van der Waals surface area (Å²) < 4.78 is 5.80. The van der Waals surface area contributed by atoms with Gasteiger partial charge in [0.25, 0.3) is 0 Å². The summed E-state index contributed by atoms with van der Waals surface area (Å²) in [6.45, 7) is 2.16. The molecule has 3 N–H and O–H groups in total. The second kappa shape index (κ2) is 7.42. The number of rotatable bonds is 5. The van der Waals surface area contributed by atoms with Crippen LogP contribution < -0.4 is 10.6 Å². The Balaban J connectivity index is 1.80. The molecule has 0 spiro atoms. The van der Waals surface area contributed by atoms with Gasteiger partial charge < -0.3 is 20.5 Å². The zero-order valence-electron chi connectivity index (χ0n) is 11.4. The molecular formula is C14H17BrN2O4. The fraction of sp³-hybridized carbons (Fsp3) is 0.429. The van der Waals surface area contributed by atoms with Crippen molar-refractivity contribution in [2.75, 3.05) is 25.1 Å². The molecule has 1 atom stereocenters. The number of carboxylic acids is 1. The molecule has 1 saturated heterocycles. The summed E-state index contributed by atoms with van der Waals surface area (Å²) in [6, 6.07) is 4.14. The van der Waals surface area contributed by atoms with E-state index in [4.69, 9.17) is 9.84 Å². The van der Waals surface area contributed by atoms with E-state index >= 15 is 0 Å². The van der Waals surface area contributed by atoms with E-state index in [1.54, 1.807) is 6.07 Å². The molecule has 2 amide bonds. The summed E-state index contributed by atoms with van der Waals surface area (Å²) in [5, 5.41) is 14.3. The third kappa shape index (κ3) is 4.71. The van der Waals surface area contributed by atoms with Crippen molar-refractivity contribution in [3.8, 4) is 0 Å². The van der Waals surface area contributed by atoms with Gasteiger partial charge in [-0.2, -0.15) is 0 Å². The van der Waals surface area contributed by atoms with Crippen LogP contribution in [-0.4, -0.2) is 36.9 Å². The minimum Gasteiger partial charge on any atom is -0.478 e. The maximum atomic E-state index is 11.8. The fourth-order valence-electron chi connectivity index (χ4n) is 2.12. The van der Waals surface area contributed by atoms with Crippen molar-refractivity contribution in [2.24, 2.45) is 5.92 Å². The minimum atomic E-state index is -1.01. The minimum absolute atomic E-state index is 0.161. The first kappa shape index (κ1) is 15.8. The van der Waals surface area contributed by atoms with E-state index < -0.39 is 5.97 Å². The number of carboxylic acid groups (broad SMARTS) is 1. The van der Waals surface area contributed by atoms with E-state index in [-0.39, 0.29) is 11.6 Å². The van der Waals surface area contributed by atoms with Crippen LogP contribution in [0.5, 0.6) is 0 Å². The third-order valence-corrected chi connectivity index (χ3v) is 3.98. The van der Waals surface area contributed by atoms with Crippen molar-refractivity contribution < 1.29 is 19.4 Å². The maximum Gasteiger partial charge on any atom is 0.335 e. The Morgan fingerprint density at radius 1 is 1.43 bits per heavy atom. The average Bonchev–Trinajstić information content (AvgIpc) is 2.94. The lowest BCUT2D eigenvalue weighted by Crippen LogP contribution is -2.30. The highest BCUT2D eigenvalue weighted by Gasteiger charge is 2.15. The Kier molecular flexibility index (Phi) is 5.58. The molecule has 1 aromatic carbocycles. The number of amides is 2. The number of carbonyl (C=O) groups excluding carboxylic acids is 1. The molecule has 1 aromatic rings. The predicted molar refractivity (Wildman–Crippen MR) is 81.7 cm³/mol. The number of hydrogen-bond acceptors (Lipinski definition) is 3. The van der Waals surface area contributed by atoms with Gasteiger partial charge in [0, 0.05) is 24.2 Å². The molecule has 7 heteroatoms. The zero-order chi connectivity index (χ0) is 15.2. The van der Waals surface area contributed by atoms with Crippen LogP contribution in [0.15, 0.2) is 22.7 Å². The molecule has 0 radical (unpaired) electrons. The summed E-state index contributed by atoms with van der Waals surface area (Å²) in [5.41, 5.74) is 0.691. The van der Waals surface area contributed by atoms with Gasteiger partial charge in [0.2, 0.25) is 0 Å². The van der Waals surface area contributed by atoms with Crippen LogP contribution in [0.3, 0.4) is 0 Å². The highest BCUT2D eigenvalue weighted by Crippen LogP contribution is 2.23. The molecule has 0 saturated carbocycles. The molecule has 0 aromatic heterocycles. The molecule has 1 heterocycles. The van der Waals surface area contributed by atoms with Crippen LogP contribution in [0, 0.1) is 5.92 Å². The first-order valence-electron chi connectivity index (χ1n) is 6.71. The van der Waals surface area contributed by atoms with Crippen molar-refractivity contribution in [1.29, 1.82) is 0 Å². The van der Waals surface area contributed by atoms with E-state index in [0.29, 0.717) is 22.6 Å². The summed E-state index contributed by atoms with van der Waals surface area (Å²) in [5.74, 6) is -0.489. The van der Waals surface area contributed by atoms with Crippen molar-refractivity contribution in [1.82, 2.24) is 5.32 Å². The lowest BCUT2D eigenvalue weighted by Gasteiger charge is -2.11. The van der Waals surface area contributed by atoms with E-state index in [0.717, 1.165) is 26.1 Å². The monoisotopic (exact) mass is 356 g/mol. The van der Waals surface area contributed by atoms with E-state index in [9.17, 15) is 9.59 Å². The first-order chi connectivity index (χ1) is 10.1. The number of nitrogens with one attached hydrogen (secondary N) is 2. The Hall–Kier alpha value is -1.60. The number of halogens is 1. The van der Waals surface area contributed by atoms with Gasteiger partial charge in [-0.3, -0.25) is 0 Å². The van der Waals surface area contributed by atoms with Crippen LogP contribution in [-0.2, 0) is 4.74 Å². The molecule has 1 unspecified atom stereocenters. The molecule has 21 heavy (non-hydrogen) atoms. The van der Waals surface area contributed by atoms with Crippen LogP contribution in [0.4, 0.5) is 10.5 Å². The number of ether oxygens (including phenoxy) is 1. The second-order valence-corrected chi connectivity index (χ2v) is 5.75. The van der Waals surface area contributed by atoms with Gasteiger partial charge >= 0.3 is 12.0 Å². The van der Waals surface area contributed by atoms with Gasteiger partial charge in [-0.1, -0.05) is 0 Å². The van der Waals surface area contributed by atoms with Crippen LogP contribution in [0.2, 0.25) is 0 Å². The van der Waals surface area contributed by atoms with Crippen LogP contribution >= 0.6 is 15.9 Å². The van der Waals surface area contributed by atoms with Crippen molar-refractivity contribution >= 4 is 33.6 Å².